The van der Waals surface area contributed by atoms with E-state index in [2.05, 4.69) is 5.32 Å². The van der Waals surface area contributed by atoms with E-state index < -0.39 is 0 Å². The molecule has 0 spiro atoms. The fraction of sp³-hybridized carbons (Fsp3) is 0.0476. The molecule has 2 aromatic carbocycles. The van der Waals surface area contributed by atoms with Crippen molar-refractivity contribution in [3.63, 3.8) is 0 Å². The summed E-state index contributed by atoms with van der Waals surface area (Å²) in [6, 6.07) is 17.9. The van der Waals surface area contributed by atoms with E-state index in [4.69, 9.17) is 4.74 Å². The van der Waals surface area contributed by atoms with Gasteiger partial charge in [-0.2, -0.15) is 0 Å². The van der Waals surface area contributed by atoms with Gasteiger partial charge in [-0.05, 0) is 53.9 Å². The molecule has 4 nitrogen and oxygen atoms in total. The second-order valence-corrected chi connectivity index (χ2v) is 6.40. The van der Waals surface area contributed by atoms with Gasteiger partial charge in [-0.3, -0.25) is 9.59 Å². The largest absolute Gasteiger partial charge is 0.496 e. The van der Waals surface area contributed by atoms with Crippen molar-refractivity contribution in [3.05, 3.63) is 88.1 Å². The number of hydrogen-bond acceptors (Lipinski definition) is 4. The number of benzene rings is 2. The van der Waals surface area contributed by atoms with Crippen molar-refractivity contribution in [2.45, 2.75) is 0 Å². The van der Waals surface area contributed by atoms with Crippen LogP contribution in [0.2, 0.25) is 0 Å². The smallest absolute Gasteiger partial charge is 0.265 e. The Morgan fingerprint density at radius 2 is 1.77 bits per heavy atom. The normalized spacial score (nSPS) is 10.7. The van der Waals surface area contributed by atoms with E-state index in [9.17, 15) is 9.59 Å². The maximum Gasteiger partial charge on any atom is 0.265 e. The Bertz CT molecular complexity index is 928. The van der Waals surface area contributed by atoms with Crippen molar-refractivity contribution in [1.82, 2.24) is 0 Å². The highest BCUT2D eigenvalue weighted by atomic mass is 32.1. The number of hydrogen-bond donors (Lipinski definition) is 1. The lowest BCUT2D eigenvalue weighted by molar-refractivity contribution is 0.102. The lowest BCUT2D eigenvalue weighted by atomic mass is 10.1. The molecule has 0 fully saturated rings. The number of carbonyl (C=O) groups is 2. The summed E-state index contributed by atoms with van der Waals surface area (Å²) in [5.41, 5.74) is 2.03. The molecule has 0 aliphatic rings. The molecule has 1 N–H and O–H groups in total. The predicted molar refractivity (Wildman–Crippen MR) is 105 cm³/mol. The first-order valence-electron chi connectivity index (χ1n) is 7.98. The van der Waals surface area contributed by atoms with Gasteiger partial charge in [0, 0.05) is 16.8 Å². The summed E-state index contributed by atoms with van der Waals surface area (Å²) in [6.45, 7) is 0. The first-order valence-corrected chi connectivity index (χ1v) is 8.85. The van der Waals surface area contributed by atoms with Crippen LogP contribution >= 0.6 is 11.3 Å². The Morgan fingerprint density at radius 1 is 1.00 bits per heavy atom. The monoisotopic (exact) mass is 363 g/mol. The van der Waals surface area contributed by atoms with Crippen molar-refractivity contribution in [2.24, 2.45) is 0 Å². The standard InChI is InChI=1S/C21H17NO3S/c1-25-19-6-3-2-5-16(19)10-13-18(23)15-8-11-17(12-9-15)22-21(24)20-7-4-14-26-20/h2-14H,1H3,(H,22,24)/b13-10+. The molecule has 26 heavy (non-hydrogen) atoms. The molecule has 0 saturated heterocycles. The average Bonchev–Trinajstić information content (AvgIpc) is 3.22. The Labute approximate surface area is 155 Å². The van der Waals surface area contributed by atoms with Crippen molar-refractivity contribution in [3.8, 4) is 5.75 Å². The lowest BCUT2D eigenvalue weighted by Gasteiger charge is -2.05. The summed E-state index contributed by atoms with van der Waals surface area (Å²) >= 11 is 1.38. The molecular weight excluding hydrogens is 346 g/mol. The van der Waals surface area contributed by atoms with Crippen LogP contribution in [0.4, 0.5) is 5.69 Å². The van der Waals surface area contributed by atoms with Crippen molar-refractivity contribution >= 4 is 34.8 Å². The van der Waals surface area contributed by atoms with Crippen LogP contribution in [0.3, 0.4) is 0 Å². The van der Waals surface area contributed by atoms with Crippen molar-refractivity contribution < 1.29 is 14.3 Å². The average molecular weight is 363 g/mol. The van der Waals surface area contributed by atoms with Gasteiger partial charge in [0.1, 0.15) is 5.75 Å². The maximum atomic E-state index is 12.3. The van der Waals surface area contributed by atoms with E-state index in [0.29, 0.717) is 21.9 Å². The summed E-state index contributed by atoms with van der Waals surface area (Å²) in [5.74, 6) is 0.436. The Hall–Kier alpha value is -3.18. The van der Waals surface area contributed by atoms with Gasteiger partial charge in [-0.15, -0.1) is 11.3 Å². The van der Waals surface area contributed by atoms with Crippen molar-refractivity contribution in [1.29, 1.82) is 0 Å². The first kappa shape index (κ1) is 17.6. The van der Waals surface area contributed by atoms with Gasteiger partial charge in [-0.1, -0.05) is 24.3 Å². The zero-order valence-corrected chi connectivity index (χ0v) is 15.0. The van der Waals surface area contributed by atoms with Crippen LogP contribution in [-0.4, -0.2) is 18.8 Å². The third-order valence-electron chi connectivity index (χ3n) is 3.73. The van der Waals surface area contributed by atoms with E-state index in [1.54, 1.807) is 43.5 Å². The molecule has 3 aromatic rings. The second-order valence-electron chi connectivity index (χ2n) is 5.45. The van der Waals surface area contributed by atoms with Crippen LogP contribution in [0.5, 0.6) is 5.75 Å². The minimum atomic E-state index is -0.157. The van der Waals surface area contributed by atoms with Gasteiger partial charge in [0.15, 0.2) is 5.78 Å². The molecule has 130 valence electrons. The highest BCUT2D eigenvalue weighted by Crippen LogP contribution is 2.19. The molecule has 0 atom stereocenters. The molecule has 1 amide bonds. The zero-order chi connectivity index (χ0) is 18.4. The SMILES string of the molecule is COc1ccccc1/C=C/C(=O)c1ccc(NC(=O)c2cccs2)cc1. The molecular formula is C21H17NO3S. The van der Waals surface area contributed by atoms with Crippen LogP contribution in [0, 0.1) is 0 Å². The highest BCUT2D eigenvalue weighted by molar-refractivity contribution is 7.12. The van der Waals surface area contributed by atoms with Gasteiger partial charge >= 0.3 is 0 Å². The van der Waals surface area contributed by atoms with E-state index in [-0.39, 0.29) is 11.7 Å². The topological polar surface area (TPSA) is 55.4 Å². The number of thiophene rings is 1. The molecule has 0 saturated carbocycles. The number of allylic oxidation sites excluding steroid dienone is 1. The number of para-hydroxylation sites is 1. The number of amides is 1. The molecule has 1 aromatic heterocycles. The summed E-state index contributed by atoms with van der Waals surface area (Å²) in [5, 5.41) is 4.66. The number of methoxy groups -OCH3 is 1. The molecule has 3 rings (SSSR count). The fourth-order valence-electron chi connectivity index (χ4n) is 2.38. The lowest BCUT2D eigenvalue weighted by Crippen LogP contribution is -2.10. The molecule has 1 heterocycles. The third-order valence-corrected chi connectivity index (χ3v) is 4.59. The molecule has 0 aliphatic heterocycles. The summed E-state index contributed by atoms with van der Waals surface area (Å²) in [6.07, 6.45) is 3.24. The number of ketones is 1. The maximum absolute atomic E-state index is 12.3. The minimum Gasteiger partial charge on any atom is -0.496 e. The molecule has 0 aliphatic carbocycles. The quantitative estimate of drug-likeness (QED) is 0.500. The Morgan fingerprint density at radius 3 is 2.46 bits per heavy atom. The van der Waals surface area contributed by atoms with Crippen LogP contribution in [-0.2, 0) is 0 Å². The van der Waals surface area contributed by atoms with E-state index in [1.165, 1.54) is 17.4 Å². The van der Waals surface area contributed by atoms with Crippen molar-refractivity contribution in [2.75, 3.05) is 12.4 Å². The van der Waals surface area contributed by atoms with Crippen LogP contribution in [0.25, 0.3) is 6.08 Å². The fourth-order valence-corrected chi connectivity index (χ4v) is 3.00. The van der Waals surface area contributed by atoms with Gasteiger partial charge in [-0.25, -0.2) is 0 Å². The van der Waals surface area contributed by atoms with E-state index >= 15 is 0 Å². The minimum absolute atomic E-state index is 0.118. The Balaban J connectivity index is 1.67. The third kappa shape index (κ3) is 4.26. The first-order chi connectivity index (χ1) is 12.7. The molecule has 0 bridgehead atoms. The number of ether oxygens (including phenoxy) is 1. The van der Waals surface area contributed by atoms with E-state index in [0.717, 1.165) is 5.56 Å². The van der Waals surface area contributed by atoms with Gasteiger partial charge in [0.05, 0.1) is 12.0 Å². The second kappa shape index (κ2) is 8.27. The Kier molecular flexibility index (Phi) is 5.61. The van der Waals surface area contributed by atoms with Crippen LogP contribution in [0.15, 0.2) is 72.1 Å². The van der Waals surface area contributed by atoms with Crippen LogP contribution < -0.4 is 10.1 Å². The number of carbonyl (C=O) groups excluding carboxylic acids is 2. The highest BCUT2D eigenvalue weighted by Gasteiger charge is 2.08. The number of nitrogens with one attached hydrogen (secondary N) is 1. The van der Waals surface area contributed by atoms with Gasteiger partial charge in [0.25, 0.3) is 5.91 Å². The molecule has 5 heteroatoms. The molecule has 0 radical (unpaired) electrons. The van der Waals surface area contributed by atoms with Gasteiger partial charge < -0.3 is 10.1 Å². The van der Waals surface area contributed by atoms with Crippen LogP contribution in [0.1, 0.15) is 25.6 Å². The predicted octanol–water partition coefficient (Wildman–Crippen LogP) is 4.91. The zero-order valence-electron chi connectivity index (χ0n) is 14.1. The van der Waals surface area contributed by atoms with E-state index in [1.807, 2.05) is 35.7 Å². The molecule has 0 unspecified atom stereocenters. The number of rotatable bonds is 6. The summed E-state index contributed by atoms with van der Waals surface area (Å²) in [7, 11) is 1.59. The summed E-state index contributed by atoms with van der Waals surface area (Å²) < 4.78 is 5.26. The summed E-state index contributed by atoms with van der Waals surface area (Å²) in [4.78, 5) is 25.0. The number of anilines is 1. The van der Waals surface area contributed by atoms with Gasteiger partial charge in [0.2, 0.25) is 0 Å².